The Bertz CT molecular complexity index is 606. The first-order valence-corrected chi connectivity index (χ1v) is 9.12. The summed E-state index contributed by atoms with van der Waals surface area (Å²) in [6.45, 7) is 1.67. The number of anilines is 1. The van der Waals surface area contributed by atoms with Crippen molar-refractivity contribution in [3.63, 3.8) is 0 Å². The van der Waals surface area contributed by atoms with Crippen LogP contribution in [0.3, 0.4) is 0 Å². The van der Waals surface area contributed by atoms with Gasteiger partial charge in [0, 0.05) is 31.7 Å². The van der Waals surface area contributed by atoms with Crippen LogP contribution in [0, 0.1) is 0 Å². The lowest BCUT2D eigenvalue weighted by Crippen LogP contribution is -2.41. The number of hydrogen-bond acceptors (Lipinski definition) is 4. The highest BCUT2D eigenvalue weighted by molar-refractivity contribution is 5.84. The Morgan fingerprint density at radius 3 is 2.62 bits per heavy atom. The summed E-state index contributed by atoms with van der Waals surface area (Å²) in [4.78, 5) is 38.5. The van der Waals surface area contributed by atoms with Crippen molar-refractivity contribution in [3.05, 3.63) is 30.3 Å². The lowest BCUT2D eigenvalue weighted by molar-refractivity contribution is -0.135. The van der Waals surface area contributed by atoms with Crippen molar-refractivity contribution in [1.82, 2.24) is 10.2 Å². The molecule has 142 valence electrons. The maximum atomic E-state index is 12.2. The number of benzene rings is 1. The van der Waals surface area contributed by atoms with Gasteiger partial charge < -0.3 is 20.2 Å². The summed E-state index contributed by atoms with van der Waals surface area (Å²) in [7, 11) is 0. The predicted octanol–water partition coefficient (Wildman–Crippen LogP) is 1.49. The number of likely N-dealkylation sites (tertiary alicyclic amines) is 1. The smallest absolute Gasteiger partial charge is 0.323 e. The normalized spacial score (nSPS) is 14.6. The summed E-state index contributed by atoms with van der Waals surface area (Å²) < 4.78 is 0. The molecule has 1 fully saturated rings. The van der Waals surface area contributed by atoms with Crippen LogP contribution >= 0.6 is 0 Å². The molecule has 1 heterocycles. The number of carbonyl (C=O) groups excluding carboxylic acids is 2. The van der Waals surface area contributed by atoms with E-state index in [-0.39, 0.29) is 24.9 Å². The average molecular weight is 361 g/mol. The Labute approximate surface area is 154 Å². The number of aliphatic carboxylic acids is 1. The van der Waals surface area contributed by atoms with Crippen molar-refractivity contribution in [2.24, 2.45) is 0 Å². The zero-order valence-corrected chi connectivity index (χ0v) is 15.0. The van der Waals surface area contributed by atoms with Crippen molar-refractivity contribution in [2.45, 2.75) is 32.1 Å². The van der Waals surface area contributed by atoms with Gasteiger partial charge in [-0.2, -0.15) is 0 Å². The Kier molecular flexibility index (Phi) is 7.92. The van der Waals surface area contributed by atoms with Gasteiger partial charge >= 0.3 is 5.97 Å². The number of para-hydroxylation sites is 1. The van der Waals surface area contributed by atoms with Crippen LogP contribution in [-0.2, 0) is 14.4 Å². The Morgan fingerprint density at radius 2 is 1.88 bits per heavy atom. The summed E-state index contributed by atoms with van der Waals surface area (Å²) in [5.41, 5.74) is 0.695. The molecule has 2 amide bonds. The number of carboxylic acids is 1. The number of rotatable bonds is 9. The fraction of sp³-hybridized carbons (Fsp3) is 0.526. The van der Waals surface area contributed by atoms with E-state index in [1.807, 2.05) is 11.0 Å². The van der Waals surface area contributed by atoms with Gasteiger partial charge in [0.05, 0.1) is 6.54 Å². The van der Waals surface area contributed by atoms with E-state index in [1.54, 1.807) is 24.3 Å². The van der Waals surface area contributed by atoms with Crippen LogP contribution in [-0.4, -0.2) is 60.5 Å². The molecule has 1 aliphatic heterocycles. The van der Waals surface area contributed by atoms with E-state index in [0.29, 0.717) is 31.6 Å². The van der Waals surface area contributed by atoms with Gasteiger partial charge in [0.15, 0.2) is 0 Å². The fourth-order valence-corrected chi connectivity index (χ4v) is 3.04. The van der Waals surface area contributed by atoms with Gasteiger partial charge in [-0.1, -0.05) is 24.6 Å². The van der Waals surface area contributed by atoms with Crippen LogP contribution in [0.2, 0.25) is 0 Å². The third-order valence-corrected chi connectivity index (χ3v) is 4.38. The molecule has 0 atom stereocenters. The monoisotopic (exact) mass is 361 g/mol. The first-order valence-electron chi connectivity index (χ1n) is 9.12. The minimum atomic E-state index is -0.985. The van der Waals surface area contributed by atoms with Crippen LogP contribution in [0.25, 0.3) is 0 Å². The van der Waals surface area contributed by atoms with Gasteiger partial charge in [-0.25, -0.2) is 0 Å². The molecular formula is C19H27N3O4. The van der Waals surface area contributed by atoms with E-state index in [9.17, 15) is 14.4 Å². The second-order valence-corrected chi connectivity index (χ2v) is 6.48. The molecule has 1 aliphatic rings. The molecule has 1 aromatic rings. The second kappa shape index (κ2) is 10.4. The Balaban J connectivity index is 1.75. The van der Waals surface area contributed by atoms with Gasteiger partial charge in [-0.15, -0.1) is 0 Å². The minimum Gasteiger partial charge on any atom is -0.480 e. The minimum absolute atomic E-state index is 0.0149. The zero-order chi connectivity index (χ0) is 18.8. The molecule has 0 spiro atoms. The molecule has 1 saturated heterocycles. The van der Waals surface area contributed by atoms with E-state index in [4.69, 9.17) is 5.11 Å². The first kappa shape index (κ1) is 19.8. The lowest BCUT2D eigenvalue weighted by atomic mass is 10.2. The van der Waals surface area contributed by atoms with Gasteiger partial charge in [-0.3, -0.25) is 14.4 Å². The molecule has 0 aliphatic carbocycles. The Hall–Kier alpha value is -2.57. The topological polar surface area (TPSA) is 89.9 Å². The number of carboxylic acid groups (broad SMARTS) is 1. The summed E-state index contributed by atoms with van der Waals surface area (Å²) >= 11 is 0. The third kappa shape index (κ3) is 6.74. The van der Waals surface area contributed by atoms with Crippen molar-refractivity contribution in [1.29, 1.82) is 0 Å². The third-order valence-electron chi connectivity index (χ3n) is 4.38. The lowest BCUT2D eigenvalue weighted by Gasteiger charge is -2.23. The standard InChI is InChI=1S/C19H27N3O4/c23-17(14-22(15-19(25)26)16-8-3-1-4-9-16)20-11-7-13-21-12-6-2-5-10-18(21)24/h1,3-4,8-9H,2,5-7,10-15H2,(H,20,23)(H,25,26). The van der Waals surface area contributed by atoms with Crippen LogP contribution in [0.5, 0.6) is 0 Å². The van der Waals surface area contributed by atoms with Gasteiger partial charge in [0.2, 0.25) is 11.8 Å². The molecule has 0 bridgehead atoms. The summed E-state index contributed by atoms with van der Waals surface area (Å²) in [6, 6.07) is 9.01. The van der Waals surface area contributed by atoms with Crippen LogP contribution in [0.1, 0.15) is 32.1 Å². The first-order chi connectivity index (χ1) is 12.6. The molecule has 1 aromatic carbocycles. The van der Waals surface area contributed by atoms with Gasteiger partial charge in [0.25, 0.3) is 0 Å². The molecule has 7 nitrogen and oxygen atoms in total. The number of nitrogens with zero attached hydrogens (tertiary/aromatic N) is 2. The number of hydrogen-bond donors (Lipinski definition) is 2. The fourth-order valence-electron chi connectivity index (χ4n) is 3.04. The van der Waals surface area contributed by atoms with Crippen molar-refractivity contribution < 1.29 is 19.5 Å². The molecule has 0 aromatic heterocycles. The molecule has 26 heavy (non-hydrogen) atoms. The molecule has 2 rings (SSSR count). The van der Waals surface area contributed by atoms with E-state index in [1.165, 1.54) is 4.90 Å². The van der Waals surface area contributed by atoms with E-state index < -0.39 is 5.97 Å². The number of amides is 2. The largest absolute Gasteiger partial charge is 0.480 e. The van der Waals surface area contributed by atoms with Gasteiger partial charge in [-0.05, 0) is 31.4 Å². The van der Waals surface area contributed by atoms with Crippen molar-refractivity contribution >= 4 is 23.5 Å². The second-order valence-electron chi connectivity index (χ2n) is 6.48. The Morgan fingerprint density at radius 1 is 1.12 bits per heavy atom. The number of nitrogens with one attached hydrogen (secondary N) is 1. The molecule has 2 N–H and O–H groups in total. The van der Waals surface area contributed by atoms with Crippen LogP contribution < -0.4 is 10.2 Å². The SMILES string of the molecule is O=C(O)CN(CC(=O)NCCCN1CCCCCC1=O)c1ccccc1. The van der Waals surface area contributed by atoms with Gasteiger partial charge in [0.1, 0.15) is 6.54 Å². The summed E-state index contributed by atoms with van der Waals surface area (Å²) in [6.07, 6.45) is 4.41. The molecule has 0 radical (unpaired) electrons. The van der Waals surface area contributed by atoms with E-state index in [0.717, 1.165) is 25.8 Å². The average Bonchev–Trinajstić information content (AvgIpc) is 2.83. The maximum absolute atomic E-state index is 12.2. The summed E-state index contributed by atoms with van der Waals surface area (Å²) in [5, 5.41) is 11.9. The summed E-state index contributed by atoms with van der Waals surface area (Å²) in [5.74, 6) is -1.01. The number of carbonyl (C=O) groups is 3. The van der Waals surface area contributed by atoms with E-state index in [2.05, 4.69) is 5.32 Å². The van der Waals surface area contributed by atoms with Crippen LogP contribution in [0.4, 0.5) is 5.69 Å². The molecular weight excluding hydrogens is 334 g/mol. The molecule has 0 saturated carbocycles. The zero-order valence-electron chi connectivity index (χ0n) is 15.0. The highest BCUT2D eigenvalue weighted by Crippen LogP contribution is 2.13. The quantitative estimate of drug-likeness (QED) is 0.651. The van der Waals surface area contributed by atoms with Crippen LogP contribution in [0.15, 0.2) is 30.3 Å². The maximum Gasteiger partial charge on any atom is 0.323 e. The molecule has 0 unspecified atom stereocenters. The van der Waals surface area contributed by atoms with Crippen molar-refractivity contribution in [2.75, 3.05) is 37.6 Å². The van der Waals surface area contributed by atoms with E-state index >= 15 is 0 Å². The molecule has 7 heteroatoms. The highest BCUT2D eigenvalue weighted by Gasteiger charge is 2.17. The predicted molar refractivity (Wildman–Crippen MR) is 99.0 cm³/mol. The van der Waals surface area contributed by atoms with Crippen molar-refractivity contribution in [3.8, 4) is 0 Å². The highest BCUT2D eigenvalue weighted by atomic mass is 16.4.